The van der Waals surface area contributed by atoms with Crippen LogP contribution in [-0.4, -0.2) is 19.4 Å². The molecule has 0 atom stereocenters. The lowest BCUT2D eigenvalue weighted by Crippen LogP contribution is -1.95. The zero-order valence-electron chi connectivity index (χ0n) is 27.6. The average Bonchev–Trinajstić information content (AvgIpc) is 3.56. The van der Waals surface area contributed by atoms with Crippen molar-refractivity contribution < 1.29 is 0 Å². The summed E-state index contributed by atoms with van der Waals surface area (Å²) in [5, 5.41) is 2.25. The molecule has 4 nitrogen and oxygen atoms in total. The lowest BCUT2D eigenvalue weighted by molar-refractivity contribution is 1.23. The van der Waals surface area contributed by atoms with E-state index in [0.29, 0.717) is 5.82 Å². The maximum absolute atomic E-state index is 5.22. The molecule has 0 unspecified atom stereocenters. The molecule has 0 aliphatic heterocycles. The lowest BCUT2D eigenvalue weighted by atomic mass is 9.97. The van der Waals surface area contributed by atoms with Gasteiger partial charge in [-0.15, -0.1) is 0 Å². The van der Waals surface area contributed by atoms with E-state index in [1.165, 1.54) is 22.0 Å². The van der Waals surface area contributed by atoms with Crippen molar-refractivity contribution >= 4 is 38.4 Å². The molecule has 0 fully saturated rings. The Kier molecular flexibility index (Phi) is 6.78. The van der Waals surface area contributed by atoms with Gasteiger partial charge in [0.15, 0.2) is 5.82 Å². The van der Waals surface area contributed by atoms with Crippen LogP contribution in [0.25, 0.3) is 94.4 Å². The maximum Gasteiger partial charge on any atom is 0.160 e. The monoisotopic (exact) mass is 650 g/mol. The van der Waals surface area contributed by atoms with Crippen LogP contribution in [0, 0.1) is 0 Å². The Balaban J connectivity index is 1.05. The maximum atomic E-state index is 5.22. The summed E-state index contributed by atoms with van der Waals surface area (Å²) in [6.45, 7) is 0. The van der Waals surface area contributed by atoms with Crippen LogP contribution in [0.3, 0.4) is 0 Å². The van der Waals surface area contributed by atoms with Gasteiger partial charge in [-0.3, -0.25) is 4.98 Å². The largest absolute Gasteiger partial charge is 0.306 e. The summed E-state index contributed by atoms with van der Waals surface area (Å²) < 4.78 is 2.33. The highest BCUT2D eigenvalue weighted by molar-refractivity contribution is 6.08. The van der Waals surface area contributed by atoms with E-state index in [0.717, 1.165) is 66.5 Å². The van der Waals surface area contributed by atoms with E-state index in [2.05, 4.69) is 162 Å². The van der Waals surface area contributed by atoms with Crippen LogP contribution in [0.5, 0.6) is 0 Å². The number of benzene rings is 7. The Labute approximate surface area is 295 Å². The molecule has 3 heterocycles. The van der Waals surface area contributed by atoms with Gasteiger partial charge >= 0.3 is 0 Å². The highest BCUT2D eigenvalue weighted by Crippen LogP contribution is 2.38. The van der Waals surface area contributed by atoms with Crippen LogP contribution < -0.4 is 0 Å². The Morgan fingerprint density at radius 1 is 0.353 bits per heavy atom. The van der Waals surface area contributed by atoms with E-state index in [1.807, 2.05) is 24.4 Å². The summed E-state index contributed by atoms with van der Waals surface area (Å²) in [5.74, 6) is 0.707. The van der Waals surface area contributed by atoms with Gasteiger partial charge in [-0.05, 0) is 64.2 Å². The third kappa shape index (κ3) is 4.96. The first-order valence-electron chi connectivity index (χ1n) is 17.2. The third-order valence-corrected chi connectivity index (χ3v) is 9.83. The van der Waals surface area contributed by atoms with Gasteiger partial charge in [0.2, 0.25) is 0 Å². The minimum absolute atomic E-state index is 0.707. The number of aromatic nitrogens is 4. The molecule has 10 aromatic rings. The first kappa shape index (κ1) is 29.0. The fraction of sp³-hybridized carbons (Fsp3) is 0. The first-order chi connectivity index (χ1) is 25.3. The normalized spacial score (nSPS) is 11.5. The average molecular weight is 651 g/mol. The minimum atomic E-state index is 0.707. The van der Waals surface area contributed by atoms with Crippen molar-refractivity contribution in [1.82, 2.24) is 19.4 Å². The second-order valence-corrected chi connectivity index (χ2v) is 12.9. The number of rotatable bonds is 5. The summed E-state index contributed by atoms with van der Waals surface area (Å²) in [6.07, 6.45) is 2.00. The van der Waals surface area contributed by atoms with E-state index in [9.17, 15) is 0 Å². The van der Waals surface area contributed by atoms with Crippen LogP contribution in [0.1, 0.15) is 0 Å². The molecule has 0 bridgehead atoms. The molecular weight excluding hydrogens is 621 g/mol. The van der Waals surface area contributed by atoms with Gasteiger partial charge in [-0.2, -0.15) is 0 Å². The topological polar surface area (TPSA) is 43.1 Å². The van der Waals surface area contributed by atoms with Crippen molar-refractivity contribution in [3.05, 3.63) is 182 Å². The van der Waals surface area contributed by atoms with Gasteiger partial charge < -0.3 is 4.40 Å². The second-order valence-electron chi connectivity index (χ2n) is 12.9. The Morgan fingerprint density at radius 2 is 0.922 bits per heavy atom. The second kappa shape index (κ2) is 11.9. The fourth-order valence-electron chi connectivity index (χ4n) is 7.41. The van der Waals surface area contributed by atoms with E-state index in [-0.39, 0.29) is 0 Å². The van der Waals surface area contributed by atoms with Crippen LogP contribution in [0.15, 0.2) is 182 Å². The highest BCUT2D eigenvalue weighted by atomic mass is 14.9. The Morgan fingerprint density at radius 3 is 1.73 bits per heavy atom. The molecule has 0 radical (unpaired) electrons. The molecule has 0 N–H and O–H groups in total. The quantitative estimate of drug-likeness (QED) is 0.186. The molecule has 3 aromatic heterocycles. The van der Waals surface area contributed by atoms with Crippen molar-refractivity contribution in [3.8, 4) is 56.0 Å². The Hall–Kier alpha value is -6.91. The van der Waals surface area contributed by atoms with Gasteiger partial charge in [0, 0.05) is 27.5 Å². The summed E-state index contributed by atoms with van der Waals surface area (Å²) >= 11 is 0. The van der Waals surface area contributed by atoms with Crippen molar-refractivity contribution in [2.24, 2.45) is 0 Å². The van der Waals surface area contributed by atoms with Crippen molar-refractivity contribution in [2.75, 3.05) is 0 Å². The number of para-hydroxylation sites is 4. The Bertz CT molecular complexity index is 2910. The van der Waals surface area contributed by atoms with E-state index >= 15 is 0 Å². The van der Waals surface area contributed by atoms with Crippen molar-refractivity contribution in [3.63, 3.8) is 0 Å². The molecule has 51 heavy (non-hydrogen) atoms. The van der Waals surface area contributed by atoms with Gasteiger partial charge in [0.1, 0.15) is 0 Å². The molecule has 4 heteroatoms. The highest BCUT2D eigenvalue weighted by Gasteiger charge is 2.17. The number of fused-ring (bicyclic) bond motifs is 6. The predicted molar refractivity (Wildman–Crippen MR) is 210 cm³/mol. The zero-order chi connectivity index (χ0) is 33.7. The van der Waals surface area contributed by atoms with Crippen molar-refractivity contribution in [1.29, 1.82) is 0 Å². The van der Waals surface area contributed by atoms with Crippen molar-refractivity contribution in [2.45, 2.75) is 0 Å². The zero-order valence-corrected chi connectivity index (χ0v) is 27.6. The first-order valence-corrected chi connectivity index (χ1v) is 17.2. The van der Waals surface area contributed by atoms with Crippen LogP contribution in [-0.2, 0) is 0 Å². The summed E-state index contributed by atoms with van der Waals surface area (Å²) in [4.78, 5) is 15.1. The van der Waals surface area contributed by atoms with Gasteiger partial charge in [0.25, 0.3) is 0 Å². The molecule has 10 rings (SSSR count). The van der Waals surface area contributed by atoms with E-state index in [4.69, 9.17) is 15.0 Å². The van der Waals surface area contributed by atoms with Gasteiger partial charge in [0.05, 0.1) is 39.5 Å². The molecule has 0 saturated carbocycles. The molecule has 0 amide bonds. The summed E-state index contributed by atoms with van der Waals surface area (Å²) in [6, 6.07) is 61.7. The molecule has 238 valence electrons. The molecule has 0 spiro atoms. The van der Waals surface area contributed by atoms with E-state index in [1.54, 1.807) is 0 Å². The smallest absolute Gasteiger partial charge is 0.160 e. The summed E-state index contributed by atoms with van der Waals surface area (Å²) in [5.41, 5.74) is 15.2. The molecule has 0 aliphatic rings. The molecule has 0 saturated heterocycles. The minimum Gasteiger partial charge on any atom is -0.306 e. The molecule has 7 aromatic carbocycles. The van der Waals surface area contributed by atoms with E-state index < -0.39 is 0 Å². The fourth-order valence-corrected chi connectivity index (χ4v) is 7.41. The summed E-state index contributed by atoms with van der Waals surface area (Å²) in [7, 11) is 0. The number of hydrogen-bond acceptors (Lipinski definition) is 3. The predicted octanol–water partition coefficient (Wildman–Crippen LogP) is 11.9. The molecular formula is C47H30N4. The standard InChI is InChI=1S/C47H30N4/c1-2-12-31(13-3-1)34-14-10-16-36(28-34)46-38-18-4-6-20-40(38)49-47(50-46)37-17-11-15-35(29-37)32-24-26-33(27-25-32)45-39-19-5-8-22-42(39)51-43-23-9-7-21-41(43)48-30-44(45)51/h1-30H. The third-order valence-electron chi connectivity index (χ3n) is 9.83. The SMILES string of the molecule is c1ccc(-c2cccc(-c3nc(-c4cccc(-c5ccc(-c6c7ccccc7n7c6cnc6ccccc67)cc5)c4)nc4ccccc34)c2)cc1. The van der Waals surface area contributed by atoms with Crippen LogP contribution in [0.2, 0.25) is 0 Å². The van der Waals surface area contributed by atoms with Gasteiger partial charge in [-0.25, -0.2) is 9.97 Å². The number of hydrogen-bond donors (Lipinski definition) is 0. The number of nitrogens with zero attached hydrogens (tertiary/aromatic N) is 4. The lowest BCUT2D eigenvalue weighted by Gasteiger charge is -2.12. The van der Waals surface area contributed by atoms with Crippen LogP contribution in [0.4, 0.5) is 0 Å². The van der Waals surface area contributed by atoms with Crippen LogP contribution >= 0.6 is 0 Å². The van der Waals surface area contributed by atoms with Gasteiger partial charge in [-0.1, -0.05) is 140 Å². The molecule has 0 aliphatic carbocycles.